The molecule has 4 nitrogen and oxygen atoms in total. The molecule has 0 saturated heterocycles. The summed E-state index contributed by atoms with van der Waals surface area (Å²) in [4.78, 5) is 27.7. The van der Waals surface area contributed by atoms with Crippen LogP contribution in [0.3, 0.4) is 0 Å². The topological polar surface area (TPSA) is 57.6 Å². The molecule has 1 N–H and O–H groups in total. The molecule has 1 heterocycles. The van der Waals surface area contributed by atoms with Gasteiger partial charge in [0.1, 0.15) is 0 Å². The molecule has 1 aliphatic rings. The minimum Gasteiger partial charge on any atom is -0.375 e. The maximum Gasteiger partial charge on any atom is 0.264 e. The summed E-state index contributed by atoms with van der Waals surface area (Å²) in [7, 11) is 0. The third-order valence-electron chi connectivity index (χ3n) is 5.27. The van der Waals surface area contributed by atoms with E-state index < -0.39 is 11.5 Å². The van der Waals surface area contributed by atoms with Crippen molar-refractivity contribution >= 4 is 33.3 Å². The number of halogens is 1. The van der Waals surface area contributed by atoms with E-state index in [-0.39, 0.29) is 12.2 Å². The van der Waals surface area contributed by atoms with Crippen molar-refractivity contribution in [1.82, 2.24) is 0 Å². The fourth-order valence-corrected chi connectivity index (χ4v) is 4.18. The summed E-state index contributed by atoms with van der Waals surface area (Å²) >= 11 is 3.36. The van der Waals surface area contributed by atoms with Gasteiger partial charge in [0, 0.05) is 22.1 Å². The maximum absolute atomic E-state index is 13.3. The molecular weight excluding hydrogens is 430 g/mol. The summed E-state index contributed by atoms with van der Waals surface area (Å²) in [5.41, 5.74) is 0.866. The molecule has 0 saturated carbocycles. The van der Waals surface area contributed by atoms with Crippen molar-refractivity contribution in [2.75, 3.05) is 11.4 Å². The quantitative estimate of drug-likeness (QED) is 0.563. The van der Waals surface area contributed by atoms with Crippen LogP contribution in [-0.2, 0) is 16.8 Å². The van der Waals surface area contributed by atoms with Gasteiger partial charge in [0.15, 0.2) is 11.4 Å². The highest BCUT2D eigenvalue weighted by atomic mass is 79.9. The molecule has 0 radical (unpaired) electrons. The second-order valence-electron chi connectivity index (χ2n) is 7.18. The van der Waals surface area contributed by atoms with E-state index in [0.29, 0.717) is 29.8 Å². The number of amides is 1. The van der Waals surface area contributed by atoms with Crippen molar-refractivity contribution in [2.24, 2.45) is 0 Å². The molecule has 0 aromatic heterocycles. The van der Waals surface area contributed by atoms with E-state index in [0.717, 1.165) is 10.0 Å². The van der Waals surface area contributed by atoms with Gasteiger partial charge in [0.2, 0.25) is 0 Å². The molecular formula is C24H20BrNO3. The average molecular weight is 450 g/mol. The summed E-state index contributed by atoms with van der Waals surface area (Å²) in [5, 5.41) is 11.4. The van der Waals surface area contributed by atoms with Gasteiger partial charge in [-0.15, -0.1) is 0 Å². The lowest BCUT2D eigenvalue weighted by Crippen LogP contribution is -2.42. The summed E-state index contributed by atoms with van der Waals surface area (Å²) < 4.78 is 0.776. The van der Waals surface area contributed by atoms with Gasteiger partial charge >= 0.3 is 0 Å². The fourth-order valence-electron chi connectivity index (χ4n) is 3.78. The Kier molecular flexibility index (Phi) is 5.35. The Balaban J connectivity index is 1.61. The smallest absolute Gasteiger partial charge is 0.264 e. The number of para-hydroxylation sites is 1. The van der Waals surface area contributed by atoms with Crippen molar-refractivity contribution in [1.29, 1.82) is 0 Å². The Morgan fingerprint density at radius 3 is 2.45 bits per heavy atom. The lowest BCUT2D eigenvalue weighted by molar-refractivity contribution is -0.135. The zero-order chi connectivity index (χ0) is 20.4. The van der Waals surface area contributed by atoms with Crippen LogP contribution in [0.1, 0.15) is 27.9 Å². The number of fused-ring (bicyclic) bond motifs is 1. The predicted octanol–water partition coefficient (Wildman–Crippen LogP) is 4.50. The number of nitrogens with zero attached hydrogens (tertiary/aromatic N) is 1. The molecule has 146 valence electrons. The van der Waals surface area contributed by atoms with Crippen molar-refractivity contribution < 1.29 is 14.7 Å². The largest absolute Gasteiger partial charge is 0.375 e. The Labute approximate surface area is 177 Å². The number of ketones is 1. The molecule has 0 aliphatic carbocycles. The fraction of sp³-hybridized carbons (Fsp3) is 0.167. The normalized spacial score (nSPS) is 18.0. The number of aliphatic hydroxyl groups is 1. The second kappa shape index (κ2) is 7.93. The Hall–Kier alpha value is -2.76. The summed E-state index contributed by atoms with van der Waals surface area (Å²) in [6, 6.07) is 24.0. The number of rotatable bonds is 6. The van der Waals surface area contributed by atoms with Gasteiger partial charge in [-0.1, -0.05) is 76.6 Å². The average Bonchev–Trinajstić information content (AvgIpc) is 2.94. The third-order valence-corrected chi connectivity index (χ3v) is 5.76. The van der Waals surface area contributed by atoms with Gasteiger partial charge in [-0.3, -0.25) is 9.59 Å². The summed E-state index contributed by atoms with van der Waals surface area (Å²) in [6.45, 7) is 0.438. The van der Waals surface area contributed by atoms with Crippen LogP contribution in [0.4, 0.5) is 5.69 Å². The van der Waals surface area contributed by atoms with E-state index in [2.05, 4.69) is 15.9 Å². The number of hydrogen-bond acceptors (Lipinski definition) is 3. The van der Waals surface area contributed by atoms with Gasteiger partial charge in [-0.25, -0.2) is 0 Å². The van der Waals surface area contributed by atoms with Crippen LogP contribution in [0.5, 0.6) is 0 Å². The highest BCUT2D eigenvalue weighted by Gasteiger charge is 2.50. The maximum atomic E-state index is 13.3. The predicted molar refractivity (Wildman–Crippen MR) is 116 cm³/mol. The van der Waals surface area contributed by atoms with Gasteiger partial charge < -0.3 is 10.0 Å². The Morgan fingerprint density at radius 2 is 1.69 bits per heavy atom. The third kappa shape index (κ3) is 3.76. The van der Waals surface area contributed by atoms with E-state index in [1.165, 1.54) is 0 Å². The van der Waals surface area contributed by atoms with Crippen LogP contribution in [0, 0.1) is 0 Å². The zero-order valence-electron chi connectivity index (χ0n) is 15.7. The standard InChI is InChI=1S/C24H20BrNO3/c25-19-10-6-9-18(15-19)22(27)16-24(29)20-11-4-5-12-21(20)26(23(24)28)14-13-17-7-2-1-3-8-17/h1-12,15,29H,13-14,16H2/t24-/m0/s1. The first-order valence-electron chi connectivity index (χ1n) is 9.45. The van der Waals surface area contributed by atoms with Crippen molar-refractivity contribution in [3.63, 3.8) is 0 Å². The molecule has 0 spiro atoms. The van der Waals surface area contributed by atoms with Gasteiger partial charge in [-0.2, -0.15) is 0 Å². The molecule has 0 bridgehead atoms. The highest BCUT2D eigenvalue weighted by molar-refractivity contribution is 9.10. The van der Waals surface area contributed by atoms with Crippen LogP contribution in [0.2, 0.25) is 0 Å². The van der Waals surface area contributed by atoms with Crippen molar-refractivity contribution in [3.8, 4) is 0 Å². The molecule has 3 aromatic carbocycles. The molecule has 1 aliphatic heterocycles. The number of carbonyl (C=O) groups excluding carboxylic acids is 2. The van der Waals surface area contributed by atoms with E-state index in [1.54, 1.807) is 35.2 Å². The van der Waals surface area contributed by atoms with Crippen molar-refractivity contribution in [2.45, 2.75) is 18.4 Å². The number of benzene rings is 3. The zero-order valence-corrected chi connectivity index (χ0v) is 17.3. The molecule has 1 amide bonds. The molecule has 1 atom stereocenters. The molecule has 3 aromatic rings. The number of hydrogen-bond donors (Lipinski definition) is 1. The summed E-state index contributed by atoms with van der Waals surface area (Å²) in [6.07, 6.45) is 0.373. The van der Waals surface area contributed by atoms with Gasteiger partial charge in [0.25, 0.3) is 5.91 Å². The molecule has 29 heavy (non-hydrogen) atoms. The van der Waals surface area contributed by atoms with Crippen molar-refractivity contribution in [3.05, 3.63) is 100 Å². The van der Waals surface area contributed by atoms with E-state index >= 15 is 0 Å². The minimum absolute atomic E-state index is 0.276. The molecule has 0 fully saturated rings. The monoisotopic (exact) mass is 449 g/mol. The first-order chi connectivity index (χ1) is 14.0. The van der Waals surface area contributed by atoms with Crippen LogP contribution in [0.25, 0.3) is 0 Å². The van der Waals surface area contributed by atoms with Crippen LogP contribution in [0.15, 0.2) is 83.3 Å². The number of Topliss-reactive ketones (excluding diaryl/α,β-unsaturated/α-hetero) is 1. The minimum atomic E-state index is -1.85. The number of anilines is 1. The van der Waals surface area contributed by atoms with Crippen LogP contribution in [-0.4, -0.2) is 23.3 Å². The molecule has 0 unspecified atom stereocenters. The Bertz CT molecular complexity index is 1070. The Morgan fingerprint density at radius 1 is 0.966 bits per heavy atom. The number of carbonyl (C=O) groups is 2. The van der Waals surface area contributed by atoms with Gasteiger partial charge in [0.05, 0.1) is 12.1 Å². The van der Waals surface area contributed by atoms with Crippen LogP contribution < -0.4 is 4.90 Å². The van der Waals surface area contributed by atoms with E-state index in [9.17, 15) is 14.7 Å². The SMILES string of the molecule is O=C(C[C@@]1(O)C(=O)N(CCc2ccccc2)c2ccccc21)c1cccc(Br)c1. The first kappa shape index (κ1) is 19.6. The molecule has 5 heteroatoms. The first-order valence-corrected chi connectivity index (χ1v) is 10.2. The summed E-state index contributed by atoms with van der Waals surface area (Å²) in [5.74, 6) is -0.722. The second-order valence-corrected chi connectivity index (χ2v) is 8.10. The lowest BCUT2D eigenvalue weighted by Gasteiger charge is -2.23. The highest BCUT2D eigenvalue weighted by Crippen LogP contribution is 2.42. The van der Waals surface area contributed by atoms with E-state index in [4.69, 9.17) is 0 Å². The van der Waals surface area contributed by atoms with Gasteiger partial charge in [-0.05, 0) is 30.2 Å². The van der Waals surface area contributed by atoms with Crippen LogP contribution >= 0.6 is 15.9 Å². The van der Waals surface area contributed by atoms with E-state index in [1.807, 2.05) is 48.5 Å². The lowest BCUT2D eigenvalue weighted by atomic mass is 9.88. The molecule has 4 rings (SSSR count).